The fraction of sp³-hybridized carbons (Fsp3) is 0.188. The van der Waals surface area contributed by atoms with E-state index in [9.17, 15) is 13.2 Å². The van der Waals surface area contributed by atoms with Gasteiger partial charge >= 0.3 is 0 Å². The van der Waals surface area contributed by atoms with E-state index in [0.717, 1.165) is 6.26 Å². The van der Waals surface area contributed by atoms with Crippen LogP contribution in [0.4, 0.5) is 5.69 Å². The van der Waals surface area contributed by atoms with Gasteiger partial charge in [-0.05, 0) is 35.9 Å². The number of anilines is 1. The molecule has 1 amide bonds. The normalized spacial score (nSPS) is 12.6. The van der Waals surface area contributed by atoms with Gasteiger partial charge in [-0.15, -0.1) is 0 Å². The van der Waals surface area contributed by atoms with Crippen molar-refractivity contribution >= 4 is 56.4 Å². The van der Waals surface area contributed by atoms with Gasteiger partial charge in [-0.3, -0.25) is 4.79 Å². The number of sulfonamides is 1. The van der Waals surface area contributed by atoms with Gasteiger partial charge in [-0.2, -0.15) is 0 Å². The van der Waals surface area contributed by atoms with E-state index in [-0.39, 0.29) is 6.42 Å². The minimum atomic E-state index is -3.52. The number of benzene rings is 2. The minimum absolute atomic E-state index is 0.117. The van der Waals surface area contributed by atoms with Gasteiger partial charge in [0, 0.05) is 16.5 Å². The van der Waals surface area contributed by atoms with Crippen LogP contribution >= 0.6 is 34.8 Å². The Bertz CT molecular complexity index is 871. The van der Waals surface area contributed by atoms with Crippen molar-refractivity contribution in [3.05, 3.63) is 63.1 Å². The van der Waals surface area contributed by atoms with E-state index in [1.54, 1.807) is 36.4 Å². The number of nitrogens with one attached hydrogen (secondary N) is 2. The monoisotopic (exact) mass is 420 g/mol. The van der Waals surface area contributed by atoms with Crippen LogP contribution in [0.15, 0.2) is 42.5 Å². The Balaban J connectivity index is 2.17. The summed E-state index contributed by atoms with van der Waals surface area (Å²) in [7, 11) is -3.52. The molecule has 134 valence electrons. The van der Waals surface area contributed by atoms with Gasteiger partial charge < -0.3 is 5.32 Å². The smallest absolute Gasteiger partial charge is 0.226 e. The van der Waals surface area contributed by atoms with Gasteiger partial charge in [-0.25, -0.2) is 13.1 Å². The van der Waals surface area contributed by atoms with Crippen LogP contribution in [-0.2, 0) is 14.8 Å². The van der Waals surface area contributed by atoms with Crippen LogP contribution in [0.3, 0.4) is 0 Å². The largest absolute Gasteiger partial charge is 0.325 e. The summed E-state index contributed by atoms with van der Waals surface area (Å²) in [5, 5.41) is 3.89. The fourth-order valence-corrected chi connectivity index (χ4v) is 3.48. The van der Waals surface area contributed by atoms with Gasteiger partial charge in [0.2, 0.25) is 15.9 Å². The summed E-state index contributed by atoms with van der Waals surface area (Å²) in [4.78, 5) is 12.3. The predicted octanol–water partition coefficient (Wildman–Crippen LogP) is 4.27. The number of hydrogen-bond acceptors (Lipinski definition) is 3. The summed E-state index contributed by atoms with van der Waals surface area (Å²) in [5.41, 5.74) is 1.01. The molecule has 0 saturated carbocycles. The molecule has 5 nitrogen and oxygen atoms in total. The predicted molar refractivity (Wildman–Crippen MR) is 102 cm³/mol. The van der Waals surface area contributed by atoms with Gasteiger partial charge in [0.05, 0.1) is 23.0 Å². The van der Waals surface area contributed by atoms with E-state index in [2.05, 4.69) is 10.0 Å². The molecule has 0 aliphatic carbocycles. The van der Waals surface area contributed by atoms with Crippen molar-refractivity contribution in [1.82, 2.24) is 4.72 Å². The summed E-state index contributed by atoms with van der Waals surface area (Å²) < 4.78 is 25.7. The van der Waals surface area contributed by atoms with Crippen LogP contribution in [0.5, 0.6) is 0 Å². The topological polar surface area (TPSA) is 75.3 Å². The second-order valence-corrected chi connectivity index (χ2v) is 8.43. The number of amides is 1. The van der Waals surface area contributed by atoms with Crippen molar-refractivity contribution in [2.24, 2.45) is 0 Å². The van der Waals surface area contributed by atoms with E-state index >= 15 is 0 Å². The quantitative estimate of drug-likeness (QED) is 0.731. The van der Waals surface area contributed by atoms with Crippen molar-refractivity contribution in [3.8, 4) is 0 Å². The van der Waals surface area contributed by atoms with Crippen LogP contribution in [-0.4, -0.2) is 20.6 Å². The summed E-state index contributed by atoms with van der Waals surface area (Å²) in [5.74, 6) is -0.402. The maximum absolute atomic E-state index is 12.3. The molecular weight excluding hydrogens is 407 g/mol. The molecule has 2 aromatic carbocycles. The molecular formula is C16H15Cl3N2O3S. The highest BCUT2D eigenvalue weighted by molar-refractivity contribution is 7.88. The second kappa shape index (κ2) is 8.38. The standard InChI is InChI=1S/C16H15Cl3N2O3S/c1-25(23,24)21-15(10-2-4-11(17)5-3-10)9-16(22)20-14-7-6-12(18)8-13(14)19/h2-8,15,21H,9H2,1H3,(H,20,22). The Hall–Kier alpha value is -1.31. The average Bonchev–Trinajstić information content (AvgIpc) is 2.49. The first kappa shape index (κ1) is 20.0. The minimum Gasteiger partial charge on any atom is -0.325 e. The van der Waals surface area contributed by atoms with E-state index in [1.165, 1.54) is 6.07 Å². The Morgan fingerprint density at radius 1 is 1.04 bits per heavy atom. The van der Waals surface area contributed by atoms with Gasteiger partial charge in [0.1, 0.15) is 0 Å². The molecule has 0 fully saturated rings. The highest BCUT2D eigenvalue weighted by Crippen LogP contribution is 2.26. The van der Waals surface area contributed by atoms with Crippen LogP contribution in [0.2, 0.25) is 15.1 Å². The first-order valence-electron chi connectivity index (χ1n) is 7.12. The number of halogens is 3. The molecule has 2 aromatic rings. The molecule has 1 atom stereocenters. The van der Waals surface area contributed by atoms with E-state index in [1.807, 2.05) is 0 Å². The van der Waals surface area contributed by atoms with E-state index in [0.29, 0.717) is 26.3 Å². The lowest BCUT2D eigenvalue weighted by Crippen LogP contribution is -2.30. The molecule has 0 heterocycles. The van der Waals surface area contributed by atoms with Crippen molar-refractivity contribution in [3.63, 3.8) is 0 Å². The Morgan fingerprint density at radius 3 is 2.20 bits per heavy atom. The number of hydrogen-bond donors (Lipinski definition) is 2. The van der Waals surface area contributed by atoms with Gasteiger partial charge in [-0.1, -0.05) is 46.9 Å². The van der Waals surface area contributed by atoms with E-state index in [4.69, 9.17) is 34.8 Å². The summed E-state index contributed by atoms with van der Waals surface area (Å²) in [6, 6.07) is 10.5. The maximum atomic E-state index is 12.3. The molecule has 0 bridgehead atoms. The Morgan fingerprint density at radius 2 is 1.64 bits per heavy atom. The zero-order valence-corrected chi connectivity index (χ0v) is 16.2. The zero-order chi connectivity index (χ0) is 18.6. The molecule has 0 aromatic heterocycles. The van der Waals surface area contributed by atoms with Crippen LogP contribution in [0, 0.1) is 0 Å². The van der Waals surface area contributed by atoms with Crippen molar-refractivity contribution < 1.29 is 13.2 Å². The lowest BCUT2D eigenvalue weighted by molar-refractivity contribution is -0.116. The first-order valence-corrected chi connectivity index (χ1v) is 10.1. The summed E-state index contributed by atoms with van der Waals surface area (Å²) in [6.45, 7) is 0. The van der Waals surface area contributed by atoms with Crippen molar-refractivity contribution in [2.45, 2.75) is 12.5 Å². The molecule has 0 radical (unpaired) electrons. The zero-order valence-electron chi connectivity index (χ0n) is 13.1. The molecule has 0 spiro atoms. The number of rotatable bonds is 6. The van der Waals surface area contributed by atoms with Crippen molar-refractivity contribution in [1.29, 1.82) is 0 Å². The molecule has 25 heavy (non-hydrogen) atoms. The maximum Gasteiger partial charge on any atom is 0.226 e. The summed E-state index contributed by atoms with van der Waals surface area (Å²) >= 11 is 17.7. The SMILES string of the molecule is CS(=O)(=O)NC(CC(=O)Nc1ccc(Cl)cc1Cl)c1ccc(Cl)cc1. The third-order valence-corrected chi connectivity index (χ3v) is 4.74. The highest BCUT2D eigenvalue weighted by atomic mass is 35.5. The Labute approximate surface area is 161 Å². The lowest BCUT2D eigenvalue weighted by atomic mass is 10.0. The van der Waals surface area contributed by atoms with Crippen LogP contribution < -0.4 is 10.0 Å². The molecule has 0 aliphatic heterocycles. The highest BCUT2D eigenvalue weighted by Gasteiger charge is 2.20. The molecule has 1 unspecified atom stereocenters. The molecule has 0 saturated heterocycles. The fourth-order valence-electron chi connectivity index (χ4n) is 2.16. The van der Waals surface area contributed by atoms with Crippen LogP contribution in [0.1, 0.15) is 18.0 Å². The second-order valence-electron chi connectivity index (χ2n) is 5.37. The van der Waals surface area contributed by atoms with Gasteiger partial charge in [0.15, 0.2) is 0 Å². The Kier molecular flexibility index (Phi) is 6.71. The lowest BCUT2D eigenvalue weighted by Gasteiger charge is -2.18. The first-order chi connectivity index (χ1) is 11.6. The molecule has 2 rings (SSSR count). The molecule has 9 heteroatoms. The summed E-state index contributed by atoms with van der Waals surface area (Å²) in [6.07, 6.45) is 0.914. The average molecular weight is 422 g/mol. The molecule has 2 N–H and O–H groups in total. The molecule has 0 aliphatic rings. The number of carbonyl (C=O) groups is 1. The van der Waals surface area contributed by atoms with Crippen LogP contribution in [0.25, 0.3) is 0 Å². The third kappa shape index (κ3) is 6.49. The third-order valence-electron chi connectivity index (χ3n) is 3.22. The number of carbonyl (C=O) groups excluding carboxylic acids is 1. The van der Waals surface area contributed by atoms with Crippen molar-refractivity contribution in [2.75, 3.05) is 11.6 Å². The van der Waals surface area contributed by atoms with E-state index < -0.39 is 22.0 Å². The van der Waals surface area contributed by atoms with Gasteiger partial charge in [0.25, 0.3) is 0 Å².